The van der Waals surface area contributed by atoms with Crippen molar-refractivity contribution in [1.82, 2.24) is 10.2 Å². The largest absolute Gasteiger partial charge is 0.392 e. The number of aliphatic hydroxyl groups excluding tert-OH is 1. The number of nitrogens with zero attached hydrogens (tertiary/aromatic N) is 1. The fourth-order valence-electron chi connectivity index (χ4n) is 5.99. The van der Waals surface area contributed by atoms with Crippen molar-refractivity contribution < 1.29 is 19.4 Å². The van der Waals surface area contributed by atoms with Gasteiger partial charge in [0.2, 0.25) is 5.91 Å². The molecule has 36 heavy (non-hydrogen) atoms. The highest BCUT2D eigenvalue weighted by molar-refractivity contribution is 5.78. The first kappa shape index (κ1) is 29.1. The lowest BCUT2D eigenvalue weighted by molar-refractivity contribution is -0.131. The molecule has 204 valence electrons. The van der Waals surface area contributed by atoms with E-state index in [-0.39, 0.29) is 48.1 Å². The van der Waals surface area contributed by atoms with Gasteiger partial charge in [0.1, 0.15) is 0 Å². The van der Waals surface area contributed by atoms with Crippen molar-refractivity contribution in [3.05, 3.63) is 35.9 Å². The Hall–Kier alpha value is -1.47. The molecule has 0 aromatic heterocycles. The molecule has 3 rings (SSSR count). The zero-order chi connectivity index (χ0) is 26.2. The van der Waals surface area contributed by atoms with Crippen molar-refractivity contribution in [2.45, 2.75) is 116 Å². The van der Waals surface area contributed by atoms with Gasteiger partial charge >= 0.3 is 0 Å². The summed E-state index contributed by atoms with van der Waals surface area (Å²) in [7, 11) is 4.31. The maximum atomic E-state index is 12.7. The minimum absolute atomic E-state index is 0.00171. The van der Waals surface area contributed by atoms with Crippen molar-refractivity contribution in [3.63, 3.8) is 0 Å². The standard InChI is InChI=1S/C30H50N2O4/c1-7-11-24(32(5)6)18-25-14-15-26(35-25)20(2)29(33)21(3)27-16-17-28(36-27)22(4)30(34)31-19-23-12-9-8-10-13-23/h8-10,12-13,20-22,24-29,33H,7,11,14-19H2,1-6H3,(H,31,34)/t20-,21-,22-,24-,25+,26-,27+,28-,29+/m1/s1. The molecule has 2 N–H and O–H groups in total. The zero-order valence-electron chi connectivity index (χ0n) is 23.4. The number of amides is 1. The summed E-state index contributed by atoms with van der Waals surface area (Å²) in [5.74, 6) is -0.132. The topological polar surface area (TPSA) is 71.0 Å². The summed E-state index contributed by atoms with van der Waals surface area (Å²) in [6, 6.07) is 10.5. The van der Waals surface area contributed by atoms with Crippen molar-refractivity contribution in [3.8, 4) is 0 Å². The van der Waals surface area contributed by atoms with E-state index in [0.717, 1.165) is 37.7 Å². The number of nitrogens with one attached hydrogen (secondary N) is 1. The van der Waals surface area contributed by atoms with Gasteiger partial charge in [0, 0.05) is 24.4 Å². The SMILES string of the molecule is CCC[C@H](C[C@@H]1CC[C@H]([C@@H](C)[C@H](O)[C@H](C)[C@@H]2CC[C@H]([C@@H](C)C(=O)NCc3ccccc3)O2)O1)N(C)C. The quantitative estimate of drug-likeness (QED) is 0.406. The molecule has 6 nitrogen and oxygen atoms in total. The third-order valence-corrected chi connectivity index (χ3v) is 8.64. The van der Waals surface area contributed by atoms with E-state index in [1.807, 2.05) is 37.3 Å². The molecular weight excluding hydrogens is 452 g/mol. The molecule has 6 heteroatoms. The molecule has 2 fully saturated rings. The van der Waals surface area contributed by atoms with Gasteiger partial charge in [-0.2, -0.15) is 0 Å². The van der Waals surface area contributed by atoms with E-state index in [1.54, 1.807) is 0 Å². The van der Waals surface area contributed by atoms with Crippen LogP contribution in [0.2, 0.25) is 0 Å². The molecule has 2 heterocycles. The van der Waals surface area contributed by atoms with E-state index in [0.29, 0.717) is 12.6 Å². The minimum atomic E-state index is -0.486. The van der Waals surface area contributed by atoms with Crippen LogP contribution in [0, 0.1) is 17.8 Å². The monoisotopic (exact) mass is 502 g/mol. The van der Waals surface area contributed by atoms with Crippen molar-refractivity contribution >= 4 is 5.91 Å². The summed E-state index contributed by atoms with van der Waals surface area (Å²) < 4.78 is 12.8. The lowest BCUT2D eigenvalue weighted by Gasteiger charge is -2.33. The van der Waals surface area contributed by atoms with E-state index in [4.69, 9.17) is 9.47 Å². The first-order valence-corrected chi connectivity index (χ1v) is 14.2. The fourth-order valence-corrected chi connectivity index (χ4v) is 5.99. The highest BCUT2D eigenvalue weighted by Gasteiger charge is 2.41. The number of aliphatic hydroxyl groups is 1. The third-order valence-electron chi connectivity index (χ3n) is 8.64. The number of carbonyl (C=O) groups excluding carboxylic acids is 1. The molecule has 0 radical (unpaired) electrons. The highest BCUT2D eigenvalue weighted by atomic mass is 16.5. The summed E-state index contributed by atoms with van der Waals surface area (Å²) >= 11 is 0. The lowest BCUT2D eigenvalue weighted by Crippen LogP contribution is -2.40. The van der Waals surface area contributed by atoms with E-state index < -0.39 is 6.10 Å². The van der Waals surface area contributed by atoms with E-state index in [9.17, 15) is 9.90 Å². The summed E-state index contributed by atoms with van der Waals surface area (Å²) in [5.41, 5.74) is 1.09. The molecule has 9 atom stereocenters. The van der Waals surface area contributed by atoms with Gasteiger partial charge in [0.05, 0.1) is 36.4 Å². The number of rotatable bonds is 13. The second kappa shape index (κ2) is 13.9. The van der Waals surface area contributed by atoms with Gasteiger partial charge in [0.25, 0.3) is 0 Å². The van der Waals surface area contributed by atoms with Crippen LogP contribution in [0.4, 0.5) is 0 Å². The Morgan fingerprint density at radius 2 is 1.61 bits per heavy atom. The van der Waals surface area contributed by atoms with Gasteiger partial charge in [-0.25, -0.2) is 0 Å². The summed E-state index contributed by atoms with van der Waals surface area (Å²) in [4.78, 5) is 15.0. The predicted molar refractivity (Wildman–Crippen MR) is 145 cm³/mol. The Morgan fingerprint density at radius 1 is 1.00 bits per heavy atom. The maximum Gasteiger partial charge on any atom is 0.225 e. The average molecular weight is 503 g/mol. The van der Waals surface area contributed by atoms with Gasteiger partial charge in [-0.05, 0) is 58.2 Å². The fraction of sp³-hybridized carbons (Fsp3) is 0.767. The Labute approximate surface area is 219 Å². The summed E-state index contributed by atoms with van der Waals surface area (Å²) in [6.07, 6.45) is 6.99. The lowest BCUT2D eigenvalue weighted by atomic mass is 9.84. The second-order valence-corrected chi connectivity index (χ2v) is 11.5. The Kier molecular flexibility index (Phi) is 11.2. The smallest absolute Gasteiger partial charge is 0.225 e. The van der Waals surface area contributed by atoms with Crippen LogP contribution >= 0.6 is 0 Å². The number of hydrogen-bond donors (Lipinski definition) is 2. The average Bonchev–Trinajstić information content (AvgIpc) is 3.56. The van der Waals surface area contributed by atoms with Crippen LogP contribution < -0.4 is 5.32 Å². The van der Waals surface area contributed by atoms with Crippen LogP contribution in [0.25, 0.3) is 0 Å². The van der Waals surface area contributed by atoms with Crippen LogP contribution in [0.5, 0.6) is 0 Å². The first-order valence-electron chi connectivity index (χ1n) is 14.2. The Morgan fingerprint density at radius 3 is 2.25 bits per heavy atom. The second-order valence-electron chi connectivity index (χ2n) is 11.5. The number of ether oxygens (including phenoxy) is 2. The van der Waals surface area contributed by atoms with Crippen LogP contribution in [0.1, 0.15) is 78.2 Å². The molecule has 0 spiro atoms. The van der Waals surface area contributed by atoms with Crippen molar-refractivity contribution in [2.24, 2.45) is 17.8 Å². The molecular formula is C30H50N2O4. The van der Waals surface area contributed by atoms with Crippen LogP contribution in [0.3, 0.4) is 0 Å². The van der Waals surface area contributed by atoms with Crippen molar-refractivity contribution in [1.29, 1.82) is 0 Å². The van der Waals surface area contributed by atoms with E-state index in [1.165, 1.54) is 12.8 Å². The molecule has 0 unspecified atom stereocenters. The van der Waals surface area contributed by atoms with Crippen molar-refractivity contribution in [2.75, 3.05) is 14.1 Å². The number of hydrogen-bond acceptors (Lipinski definition) is 5. The third kappa shape index (κ3) is 7.77. The first-order chi connectivity index (χ1) is 17.2. The van der Waals surface area contributed by atoms with Gasteiger partial charge in [-0.15, -0.1) is 0 Å². The molecule has 1 amide bonds. The number of benzene rings is 1. The highest BCUT2D eigenvalue weighted by Crippen LogP contribution is 2.36. The molecule has 0 aliphatic carbocycles. The molecule has 0 bridgehead atoms. The molecule has 2 aliphatic heterocycles. The van der Waals surface area contributed by atoms with Crippen LogP contribution in [0.15, 0.2) is 30.3 Å². The maximum absolute atomic E-state index is 12.7. The van der Waals surface area contributed by atoms with Gasteiger partial charge in [-0.3, -0.25) is 4.79 Å². The van der Waals surface area contributed by atoms with Gasteiger partial charge in [-0.1, -0.05) is 64.4 Å². The Balaban J connectivity index is 1.45. The summed E-state index contributed by atoms with van der Waals surface area (Å²) in [5, 5.41) is 14.3. The molecule has 2 aliphatic rings. The molecule has 2 saturated heterocycles. The van der Waals surface area contributed by atoms with Gasteiger partial charge in [0.15, 0.2) is 0 Å². The summed E-state index contributed by atoms with van der Waals surface area (Å²) in [6.45, 7) is 8.92. The number of carbonyl (C=O) groups is 1. The minimum Gasteiger partial charge on any atom is -0.392 e. The molecule has 0 saturated carbocycles. The zero-order valence-corrected chi connectivity index (χ0v) is 23.4. The van der Waals surface area contributed by atoms with E-state index >= 15 is 0 Å². The van der Waals surface area contributed by atoms with Gasteiger partial charge < -0.3 is 24.8 Å². The Bertz CT molecular complexity index is 788. The van der Waals surface area contributed by atoms with Crippen LogP contribution in [-0.4, -0.2) is 66.6 Å². The van der Waals surface area contributed by atoms with Crippen LogP contribution in [-0.2, 0) is 20.8 Å². The molecule has 1 aromatic carbocycles. The predicted octanol–water partition coefficient (Wildman–Crippen LogP) is 4.79. The van der Waals surface area contributed by atoms with E-state index in [2.05, 4.69) is 45.1 Å². The molecule has 1 aromatic rings. The normalized spacial score (nSPS) is 28.6.